The van der Waals surface area contributed by atoms with Crippen LogP contribution in [0.2, 0.25) is 64.5 Å². The van der Waals surface area contributed by atoms with E-state index >= 15 is 0 Å². The molecular weight excluding hydrogens is 499 g/mol. The topological polar surface area (TPSA) is 84.5 Å². The second-order valence-electron chi connectivity index (χ2n) is 11.3. The minimum Gasteiger partial charge on any atom is -0.453 e. The van der Waals surface area contributed by atoms with Crippen molar-refractivity contribution in [1.29, 1.82) is 0 Å². The Labute approximate surface area is 208 Å². The van der Waals surface area contributed by atoms with Gasteiger partial charge in [-0.1, -0.05) is 11.4 Å². The van der Waals surface area contributed by atoms with Gasteiger partial charge >= 0.3 is 17.1 Å². The van der Waals surface area contributed by atoms with Crippen LogP contribution in [-0.2, 0) is 28.4 Å². The van der Waals surface area contributed by atoms with Crippen LogP contribution in [0.25, 0.3) is 0 Å². The Kier molecular flexibility index (Phi) is 10.5. The molecule has 0 unspecified atom stereocenters. The maximum Gasteiger partial charge on any atom is 0.336 e. The Balaban J connectivity index is 2.99. The van der Waals surface area contributed by atoms with Gasteiger partial charge in [0.1, 0.15) is 0 Å². The molecular formula is C22H45N3O5Si4. The third-order valence-electron chi connectivity index (χ3n) is 5.88. The molecule has 0 fully saturated rings. The quantitative estimate of drug-likeness (QED) is 0.333. The van der Waals surface area contributed by atoms with Gasteiger partial charge in [-0.3, -0.25) is 0 Å². The molecule has 1 heterocycles. The average Bonchev–Trinajstić information content (AvgIpc) is 2.70. The second kappa shape index (κ2) is 11.6. The molecule has 0 amide bonds. The van der Waals surface area contributed by atoms with Crippen molar-refractivity contribution in [1.82, 2.24) is 13.7 Å². The molecule has 0 aliphatic rings. The predicted molar refractivity (Wildman–Crippen MR) is 152 cm³/mol. The van der Waals surface area contributed by atoms with Crippen molar-refractivity contribution >= 4 is 33.3 Å². The highest BCUT2D eigenvalue weighted by molar-refractivity contribution is 6.88. The van der Waals surface area contributed by atoms with Gasteiger partial charge in [0.05, 0.1) is 0 Å². The van der Waals surface area contributed by atoms with E-state index in [0.29, 0.717) is 12.8 Å². The zero-order chi connectivity index (χ0) is 26.5. The lowest BCUT2D eigenvalue weighted by Crippen LogP contribution is -2.54. The molecule has 12 heteroatoms. The van der Waals surface area contributed by atoms with Crippen LogP contribution < -0.4 is 17.1 Å². The normalized spacial score (nSPS) is 13.2. The van der Waals surface area contributed by atoms with Crippen molar-refractivity contribution in [3.63, 3.8) is 0 Å². The lowest BCUT2D eigenvalue weighted by Gasteiger charge is -2.32. The van der Waals surface area contributed by atoms with Crippen molar-refractivity contribution in [2.75, 3.05) is 0 Å². The van der Waals surface area contributed by atoms with Gasteiger partial charge in [-0.25, -0.2) is 28.1 Å². The van der Waals surface area contributed by atoms with Crippen LogP contribution in [0.15, 0.2) is 38.9 Å². The summed E-state index contributed by atoms with van der Waals surface area (Å²) in [6.07, 6.45) is 1.28. The van der Waals surface area contributed by atoms with Crippen LogP contribution >= 0.6 is 0 Å². The number of rotatable bonds is 14. The molecule has 0 saturated carbocycles. The monoisotopic (exact) mass is 543 g/mol. The smallest absolute Gasteiger partial charge is 0.336 e. The molecule has 0 bridgehead atoms. The summed E-state index contributed by atoms with van der Waals surface area (Å²) >= 11 is 0. The van der Waals surface area contributed by atoms with Crippen LogP contribution in [-0.4, -0.2) is 47.0 Å². The van der Waals surface area contributed by atoms with Crippen LogP contribution in [0.5, 0.6) is 0 Å². The summed E-state index contributed by atoms with van der Waals surface area (Å²) in [5.41, 5.74) is 2.19. The third kappa shape index (κ3) is 9.04. The molecule has 0 radical (unpaired) electrons. The molecule has 8 nitrogen and oxygen atoms in total. The molecule has 0 saturated heterocycles. The predicted octanol–water partition coefficient (Wildman–Crippen LogP) is 3.79. The van der Waals surface area contributed by atoms with E-state index in [2.05, 4.69) is 65.5 Å². The van der Waals surface area contributed by atoms with Gasteiger partial charge in [-0.15, -0.1) is 13.2 Å². The first-order valence-corrected chi connectivity index (χ1v) is 24.2. The van der Waals surface area contributed by atoms with Crippen molar-refractivity contribution in [3.8, 4) is 0 Å². The Morgan fingerprint density at radius 2 is 1.00 bits per heavy atom. The first-order chi connectivity index (χ1) is 15.4. The van der Waals surface area contributed by atoms with Crippen molar-refractivity contribution in [3.05, 3.63) is 56.0 Å². The van der Waals surface area contributed by atoms with Crippen LogP contribution in [0.1, 0.15) is 12.8 Å². The summed E-state index contributed by atoms with van der Waals surface area (Å²) in [6, 6.07) is 1.62. The highest BCUT2D eigenvalue weighted by Gasteiger charge is 2.31. The van der Waals surface area contributed by atoms with Crippen molar-refractivity contribution in [2.24, 2.45) is 7.05 Å². The minimum atomic E-state index is -1.97. The van der Waals surface area contributed by atoms with Gasteiger partial charge in [-0.05, 0) is 77.3 Å². The fraction of sp³-hybridized carbons (Fsp3) is 0.682. The lowest BCUT2D eigenvalue weighted by atomic mass is 10.4. The highest BCUT2D eigenvalue weighted by atomic mass is 28.4. The van der Waals surface area contributed by atoms with Crippen molar-refractivity contribution in [2.45, 2.75) is 90.4 Å². The van der Waals surface area contributed by atoms with Gasteiger partial charge in [0.25, 0.3) is 0 Å². The zero-order valence-electron chi connectivity index (χ0n) is 22.7. The van der Waals surface area contributed by atoms with Gasteiger partial charge in [0.2, 0.25) is 0 Å². The lowest BCUT2D eigenvalue weighted by molar-refractivity contribution is 0.456. The summed E-state index contributed by atoms with van der Waals surface area (Å²) in [4.78, 5) is 38.5. The summed E-state index contributed by atoms with van der Waals surface area (Å²) in [5.74, 6) is 0. The Morgan fingerprint density at radius 3 is 1.29 bits per heavy atom. The first-order valence-electron chi connectivity index (χ1n) is 12.0. The fourth-order valence-corrected chi connectivity index (χ4v) is 19.0. The van der Waals surface area contributed by atoms with Gasteiger partial charge in [-0.2, -0.15) is 0 Å². The van der Waals surface area contributed by atoms with Gasteiger partial charge < -0.3 is 8.23 Å². The van der Waals surface area contributed by atoms with Crippen molar-refractivity contribution < 1.29 is 8.23 Å². The molecule has 0 aliphatic heterocycles. The molecule has 0 aromatic carbocycles. The van der Waals surface area contributed by atoms with Crippen LogP contribution in [0.3, 0.4) is 0 Å². The summed E-state index contributed by atoms with van der Waals surface area (Å²) in [7, 11) is -6.31. The summed E-state index contributed by atoms with van der Waals surface area (Å²) < 4.78 is 16.2. The highest BCUT2D eigenvalue weighted by Crippen LogP contribution is 2.21. The number of hydrogen-bond donors (Lipinski definition) is 0. The molecule has 0 N–H and O–H groups in total. The second-order valence-corrected chi connectivity index (χ2v) is 28.2. The number of nitrogens with zero attached hydrogens (tertiary/aromatic N) is 3. The van der Waals surface area contributed by atoms with E-state index in [1.165, 1.54) is 16.2 Å². The first kappa shape index (κ1) is 30.7. The Hall–Kier alpha value is -1.32. The third-order valence-corrected chi connectivity index (χ3v) is 19.6. The minimum absolute atomic E-state index is 0.268. The zero-order valence-corrected chi connectivity index (χ0v) is 26.7. The van der Waals surface area contributed by atoms with Gasteiger partial charge in [0, 0.05) is 20.1 Å². The average molecular weight is 544 g/mol. The molecule has 0 atom stereocenters. The standard InChI is InChI=1S/C22H45N3O5Si4/c1-12-31(4,5)29-33(8,9)18-14-16-24-20(26)23(3)21(27)25(22(24)28)17-15-19-34(10,11)30-32(6,7)13-2/h12-13H,1-2,14-19H2,3-11H3. The molecule has 34 heavy (non-hydrogen) atoms. The fourth-order valence-electron chi connectivity index (χ4n) is 4.07. The van der Waals surface area contributed by atoms with E-state index in [4.69, 9.17) is 8.23 Å². The van der Waals surface area contributed by atoms with E-state index in [9.17, 15) is 14.4 Å². The molecule has 1 aromatic heterocycles. The largest absolute Gasteiger partial charge is 0.453 e. The Bertz CT molecular complexity index is 976. The van der Waals surface area contributed by atoms with Crippen LogP contribution in [0, 0.1) is 0 Å². The molecule has 194 valence electrons. The maximum absolute atomic E-state index is 13.1. The van der Waals surface area contributed by atoms with Gasteiger partial charge in [0.15, 0.2) is 33.3 Å². The summed E-state index contributed by atoms with van der Waals surface area (Å²) in [5, 5.41) is 0. The van der Waals surface area contributed by atoms with E-state index in [1.807, 2.05) is 11.4 Å². The van der Waals surface area contributed by atoms with E-state index in [-0.39, 0.29) is 13.1 Å². The SMILES string of the molecule is C=C[Si](C)(C)O[Si](C)(C)CCCn1c(=O)n(C)c(=O)n(CCC[Si](C)(C)O[Si](C)(C)C=C)c1=O. The number of hydrogen-bond acceptors (Lipinski definition) is 5. The molecule has 1 aromatic rings. The molecule has 0 aliphatic carbocycles. The van der Waals surface area contributed by atoms with E-state index in [0.717, 1.165) is 16.7 Å². The Morgan fingerprint density at radius 1 is 0.676 bits per heavy atom. The number of aromatic nitrogens is 3. The maximum atomic E-state index is 13.1. The molecule has 0 spiro atoms. The van der Waals surface area contributed by atoms with E-state index in [1.54, 1.807) is 0 Å². The van der Waals surface area contributed by atoms with E-state index < -0.39 is 50.3 Å². The molecule has 1 rings (SSSR count). The summed E-state index contributed by atoms with van der Waals surface area (Å²) in [6.45, 7) is 25.4. The van der Waals surface area contributed by atoms with Crippen LogP contribution in [0.4, 0.5) is 0 Å².